The molecular weight excluding hydrogens is 468 g/mol. The molecule has 6 N–H and O–H groups in total. The van der Waals surface area contributed by atoms with Crippen molar-refractivity contribution >= 4 is 35.1 Å². The number of benzene rings is 1. The van der Waals surface area contributed by atoms with Crippen LogP contribution < -0.4 is 5.73 Å². The molecule has 1 aliphatic carbocycles. The lowest BCUT2D eigenvalue weighted by Gasteiger charge is -2.35. The van der Waals surface area contributed by atoms with Gasteiger partial charge in [-0.2, -0.15) is 13.2 Å². The van der Waals surface area contributed by atoms with Crippen LogP contribution in [0.15, 0.2) is 12.1 Å². The fourth-order valence-corrected chi connectivity index (χ4v) is 4.35. The zero-order chi connectivity index (χ0) is 23.7. The SMILES string of the molecule is N[C@H](c1cc(Cl)c(Cl)cc1O)C1CC2CC1CN2C(=O)[C@H](O)CO.O=C(O)C(F)(F)F. The average molecular weight is 489 g/mol. The quantitative estimate of drug-likeness (QED) is 0.435. The molecule has 1 aliphatic heterocycles. The van der Waals surface area contributed by atoms with Crippen LogP contribution in [-0.2, 0) is 9.59 Å². The van der Waals surface area contributed by atoms with Crippen LogP contribution in [0.3, 0.4) is 0 Å². The molecular formula is C18H21Cl2F3N2O6. The molecule has 1 saturated heterocycles. The molecule has 5 atom stereocenters. The Morgan fingerprint density at radius 1 is 1.23 bits per heavy atom. The summed E-state index contributed by atoms with van der Waals surface area (Å²) < 4.78 is 31.7. The smallest absolute Gasteiger partial charge is 0.490 e. The first-order chi connectivity index (χ1) is 14.3. The summed E-state index contributed by atoms with van der Waals surface area (Å²) in [7, 11) is 0. The van der Waals surface area contributed by atoms with Crippen molar-refractivity contribution in [2.24, 2.45) is 17.6 Å². The molecule has 2 aliphatic rings. The highest BCUT2D eigenvalue weighted by Gasteiger charge is 2.49. The van der Waals surface area contributed by atoms with Gasteiger partial charge in [0.1, 0.15) is 5.75 Å². The number of alkyl halides is 3. The number of phenols is 1. The average Bonchev–Trinajstić information content (AvgIpc) is 3.29. The van der Waals surface area contributed by atoms with E-state index in [0.29, 0.717) is 23.6 Å². The first kappa shape index (κ1) is 25.5. The maximum absolute atomic E-state index is 12.1. The zero-order valence-electron chi connectivity index (χ0n) is 15.9. The molecule has 1 heterocycles. The number of phenolic OH excluding ortho intramolecular Hbond substituents is 1. The first-order valence-electron chi connectivity index (χ1n) is 9.10. The molecule has 0 aromatic heterocycles. The Hall–Kier alpha value is -1.79. The Labute approximate surface area is 185 Å². The monoisotopic (exact) mass is 488 g/mol. The number of carbonyl (C=O) groups is 2. The second-order valence-corrected chi connectivity index (χ2v) is 8.21. The Morgan fingerprint density at radius 3 is 2.23 bits per heavy atom. The van der Waals surface area contributed by atoms with Crippen LogP contribution in [0, 0.1) is 11.8 Å². The van der Waals surface area contributed by atoms with Gasteiger partial charge in [0.15, 0.2) is 6.10 Å². The molecule has 8 nitrogen and oxygen atoms in total. The van der Waals surface area contributed by atoms with E-state index in [2.05, 4.69) is 0 Å². The van der Waals surface area contributed by atoms with Gasteiger partial charge >= 0.3 is 12.1 Å². The minimum atomic E-state index is -5.08. The molecule has 13 heteroatoms. The number of halogens is 5. The van der Waals surface area contributed by atoms with Gasteiger partial charge in [0, 0.05) is 30.3 Å². The summed E-state index contributed by atoms with van der Waals surface area (Å²) in [5, 5.41) is 36.3. The molecule has 174 valence electrons. The topological polar surface area (TPSA) is 144 Å². The highest BCUT2D eigenvalue weighted by Crippen LogP contribution is 2.48. The highest BCUT2D eigenvalue weighted by atomic mass is 35.5. The number of carboxylic acids is 1. The number of likely N-dealkylation sites (tertiary alicyclic amines) is 1. The zero-order valence-corrected chi connectivity index (χ0v) is 17.4. The van der Waals surface area contributed by atoms with Gasteiger partial charge < -0.3 is 31.1 Å². The summed E-state index contributed by atoms with van der Waals surface area (Å²) in [6.45, 7) is -0.0756. The summed E-state index contributed by atoms with van der Waals surface area (Å²) in [6.07, 6.45) is -4.95. The van der Waals surface area contributed by atoms with Crippen LogP contribution in [0.2, 0.25) is 10.0 Å². The van der Waals surface area contributed by atoms with Crippen molar-refractivity contribution in [1.29, 1.82) is 0 Å². The number of carboxylic acid groups (broad SMARTS) is 1. The van der Waals surface area contributed by atoms with Crippen molar-refractivity contribution in [1.82, 2.24) is 4.90 Å². The van der Waals surface area contributed by atoms with Crippen LogP contribution in [0.1, 0.15) is 24.4 Å². The van der Waals surface area contributed by atoms with Crippen molar-refractivity contribution in [2.75, 3.05) is 13.2 Å². The van der Waals surface area contributed by atoms with E-state index in [1.54, 1.807) is 11.0 Å². The van der Waals surface area contributed by atoms with Crippen LogP contribution in [-0.4, -0.2) is 68.7 Å². The summed E-state index contributed by atoms with van der Waals surface area (Å²) in [6, 6.07) is 2.58. The molecule has 2 fully saturated rings. The number of nitrogens with zero attached hydrogens (tertiary/aromatic N) is 1. The van der Waals surface area contributed by atoms with Gasteiger partial charge in [-0.25, -0.2) is 4.79 Å². The van der Waals surface area contributed by atoms with Gasteiger partial charge in [0.2, 0.25) is 0 Å². The molecule has 1 saturated carbocycles. The molecule has 3 unspecified atom stereocenters. The van der Waals surface area contributed by atoms with E-state index in [0.717, 1.165) is 6.42 Å². The number of aliphatic hydroxyl groups is 2. The number of carbonyl (C=O) groups excluding carboxylic acids is 1. The molecule has 31 heavy (non-hydrogen) atoms. The van der Waals surface area contributed by atoms with Gasteiger partial charge in [-0.15, -0.1) is 0 Å². The fourth-order valence-electron chi connectivity index (χ4n) is 4.02. The maximum atomic E-state index is 12.1. The normalized spacial score (nSPS) is 24.4. The predicted molar refractivity (Wildman–Crippen MR) is 104 cm³/mol. The summed E-state index contributed by atoms with van der Waals surface area (Å²) in [5.74, 6) is -2.88. The second kappa shape index (κ2) is 9.78. The third kappa shape index (κ3) is 5.72. The second-order valence-electron chi connectivity index (χ2n) is 7.39. The van der Waals surface area contributed by atoms with E-state index in [4.69, 9.17) is 43.9 Å². The third-order valence-electron chi connectivity index (χ3n) is 5.47. The van der Waals surface area contributed by atoms with E-state index >= 15 is 0 Å². The first-order valence-corrected chi connectivity index (χ1v) is 9.86. The van der Waals surface area contributed by atoms with E-state index in [9.17, 15) is 28.2 Å². The summed E-state index contributed by atoms with van der Waals surface area (Å²) in [5.41, 5.74) is 6.91. The van der Waals surface area contributed by atoms with E-state index < -0.39 is 36.8 Å². The Balaban J connectivity index is 0.000000423. The highest BCUT2D eigenvalue weighted by molar-refractivity contribution is 6.42. The lowest BCUT2D eigenvalue weighted by molar-refractivity contribution is -0.192. The van der Waals surface area contributed by atoms with Gasteiger partial charge in [-0.05, 0) is 30.7 Å². The number of aliphatic carboxylic acids is 1. The number of fused-ring (bicyclic) bond motifs is 2. The molecule has 0 spiro atoms. The number of piperidine rings is 1. The number of amides is 1. The van der Waals surface area contributed by atoms with E-state index in [-0.39, 0.29) is 28.6 Å². The van der Waals surface area contributed by atoms with Crippen molar-refractivity contribution in [3.8, 4) is 5.75 Å². The van der Waals surface area contributed by atoms with Gasteiger partial charge in [0.25, 0.3) is 5.91 Å². The lowest BCUT2D eigenvalue weighted by atomic mass is 9.84. The fraction of sp³-hybridized carbons (Fsp3) is 0.556. The maximum Gasteiger partial charge on any atom is 0.490 e. The van der Waals surface area contributed by atoms with E-state index in [1.165, 1.54) is 6.07 Å². The van der Waals surface area contributed by atoms with Crippen molar-refractivity contribution in [3.05, 3.63) is 27.7 Å². The minimum absolute atomic E-state index is 0.00432. The number of nitrogens with two attached hydrogens (primary N) is 1. The minimum Gasteiger partial charge on any atom is -0.508 e. The number of hydrogen-bond donors (Lipinski definition) is 5. The molecule has 0 radical (unpaired) electrons. The Bertz CT molecular complexity index is 841. The van der Waals surface area contributed by atoms with Crippen LogP contribution in [0.5, 0.6) is 5.75 Å². The number of aromatic hydroxyl groups is 1. The van der Waals surface area contributed by atoms with Crippen molar-refractivity contribution < 1.29 is 43.2 Å². The third-order valence-corrected chi connectivity index (χ3v) is 6.19. The van der Waals surface area contributed by atoms with Crippen LogP contribution in [0.25, 0.3) is 0 Å². The van der Waals surface area contributed by atoms with E-state index in [1.807, 2.05) is 0 Å². The molecule has 2 bridgehead atoms. The Morgan fingerprint density at radius 2 is 1.77 bits per heavy atom. The molecule has 1 aromatic rings. The van der Waals surface area contributed by atoms with Crippen LogP contribution >= 0.6 is 23.2 Å². The van der Waals surface area contributed by atoms with Crippen molar-refractivity contribution in [2.45, 2.75) is 37.2 Å². The summed E-state index contributed by atoms with van der Waals surface area (Å²) >= 11 is 11.9. The number of rotatable bonds is 4. The number of aliphatic hydroxyl groups excluding tert-OH is 2. The Kier molecular flexibility index (Phi) is 8.04. The summed E-state index contributed by atoms with van der Waals surface area (Å²) in [4.78, 5) is 22.6. The van der Waals surface area contributed by atoms with Gasteiger partial charge in [-0.3, -0.25) is 4.79 Å². The van der Waals surface area contributed by atoms with Gasteiger partial charge in [0.05, 0.1) is 16.7 Å². The lowest BCUT2D eigenvalue weighted by Crippen LogP contribution is -2.47. The number of hydrogen-bond acceptors (Lipinski definition) is 6. The molecule has 1 aromatic carbocycles. The molecule has 3 rings (SSSR count). The van der Waals surface area contributed by atoms with Gasteiger partial charge in [-0.1, -0.05) is 23.2 Å². The van der Waals surface area contributed by atoms with Crippen LogP contribution in [0.4, 0.5) is 13.2 Å². The predicted octanol–water partition coefficient (Wildman–Crippen LogP) is 1.92. The standard InChI is InChI=1S/C16H20Cl2N2O4.C2HF3O2/c17-11-3-10(13(22)4-12(11)18)15(19)9-2-8-1-7(9)5-20(8)16(24)14(23)6-21;3-2(4,5)1(6)7/h3-4,7-9,14-15,21-23H,1-2,5-6,19H2;(H,6,7)/t7?,8?,9?,14-,15+;/m1./s1. The van der Waals surface area contributed by atoms with Crippen molar-refractivity contribution in [3.63, 3.8) is 0 Å². The molecule has 1 amide bonds. The largest absolute Gasteiger partial charge is 0.508 e.